The van der Waals surface area contributed by atoms with Crippen LogP contribution in [0.5, 0.6) is 5.75 Å². The second-order valence-electron chi connectivity index (χ2n) is 5.66. The van der Waals surface area contributed by atoms with Gasteiger partial charge >= 0.3 is 0 Å². The summed E-state index contributed by atoms with van der Waals surface area (Å²) in [6.45, 7) is 4.63. The predicted octanol–water partition coefficient (Wildman–Crippen LogP) is 3.84. The Morgan fingerprint density at radius 3 is 2.80 bits per heavy atom. The highest BCUT2D eigenvalue weighted by molar-refractivity contribution is 5.37. The van der Waals surface area contributed by atoms with Gasteiger partial charge in [-0.15, -0.1) is 0 Å². The maximum atomic E-state index is 10.8. The van der Waals surface area contributed by atoms with E-state index in [0.717, 1.165) is 31.2 Å². The summed E-state index contributed by atoms with van der Waals surface area (Å²) in [6, 6.07) is 9.91. The molecule has 0 bridgehead atoms. The monoisotopic (exact) mass is 273 g/mol. The smallest absolute Gasteiger partial charge is 0.125 e. The molecule has 20 heavy (non-hydrogen) atoms. The van der Waals surface area contributed by atoms with E-state index in [4.69, 9.17) is 4.74 Å². The van der Waals surface area contributed by atoms with E-state index in [2.05, 4.69) is 13.0 Å². The molecule has 3 unspecified atom stereocenters. The summed E-state index contributed by atoms with van der Waals surface area (Å²) >= 11 is 0. The molecule has 3 nitrogen and oxygen atoms in total. The third-order valence-corrected chi connectivity index (χ3v) is 4.49. The lowest BCUT2D eigenvalue weighted by molar-refractivity contribution is 0.0613. The molecule has 0 aromatic heterocycles. The van der Waals surface area contributed by atoms with E-state index in [-0.39, 0.29) is 0 Å². The first-order valence-corrected chi connectivity index (χ1v) is 7.48. The number of benzene rings is 1. The average molecular weight is 273 g/mol. The first-order valence-electron chi connectivity index (χ1n) is 7.48. The molecule has 3 heteroatoms. The van der Waals surface area contributed by atoms with Crippen LogP contribution in [0, 0.1) is 22.7 Å². The minimum atomic E-state index is -0.771. The van der Waals surface area contributed by atoms with Crippen molar-refractivity contribution in [3.05, 3.63) is 29.8 Å². The fraction of sp³-hybridized carbons (Fsp3) is 0.588. The second kappa shape index (κ2) is 6.28. The number of ether oxygens (including phenoxy) is 1. The zero-order valence-corrected chi connectivity index (χ0v) is 12.3. The topological polar surface area (TPSA) is 53.2 Å². The van der Waals surface area contributed by atoms with Gasteiger partial charge in [-0.05, 0) is 38.2 Å². The SMILES string of the molecule is CCOc1ccccc1C(O)C1(C#N)CCC(CC)C1. The highest BCUT2D eigenvalue weighted by Crippen LogP contribution is 2.51. The number of hydrogen-bond acceptors (Lipinski definition) is 3. The molecule has 0 heterocycles. The number of nitrogens with zero attached hydrogens (tertiary/aromatic N) is 1. The van der Waals surface area contributed by atoms with Crippen molar-refractivity contribution in [3.63, 3.8) is 0 Å². The summed E-state index contributed by atoms with van der Waals surface area (Å²) in [5.41, 5.74) is 0.0843. The molecule has 0 aliphatic heterocycles. The summed E-state index contributed by atoms with van der Waals surface area (Å²) < 4.78 is 5.59. The maximum absolute atomic E-state index is 10.8. The van der Waals surface area contributed by atoms with Gasteiger partial charge in [-0.1, -0.05) is 31.5 Å². The molecule has 1 aliphatic carbocycles. The molecule has 108 valence electrons. The van der Waals surface area contributed by atoms with Crippen LogP contribution in [0.25, 0.3) is 0 Å². The Morgan fingerprint density at radius 2 is 2.20 bits per heavy atom. The van der Waals surface area contributed by atoms with Crippen molar-refractivity contribution in [1.29, 1.82) is 5.26 Å². The van der Waals surface area contributed by atoms with E-state index in [0.29, 0.717) is 18.3 Å². The van der Waals surface area contributed by atoms with Crippen LogP contribution in [0.4, 0.5) is 0 Å². The molecule has 1 N–H and O–H groups in total. The molecule has 0 amide bonds. The molecule has 0 radical (unpaired) electrons. The number of para-hydroxylation sites is 1. The Bertz CT molecular complexity index is 494. The van der Waals surface area contributed by atoms with Gasteiger partial charge in [0.25, 0.3) is 0 Å². The lowest BCUT2D eigenvalue weighted by Crippen LogP contribution is -2.25. The molecule has 3 atom stereocenters. The first-order chi connectivity index (χ1) is 9.66. The minimum absolute atomic E-state index is 0.545. The molecule has 1 saturated carbocycles. The van der Waals surface area contributed by atoms with Crippen molar-refractivity contribution in [3.8, 4) is 11.8 Å². The summed E-state index contributed by atoms with van der Waals surface area (Å²) in [5, 5.41) is 20.4. The van der Waals surface area contributed by atoms with Crippen molar-refractivity contribution in [1.82, 2.24) is 0 Å². The number of hydrogen-bond donors (Lipinski definition) is 1. The number of rotatable bonds is 5. The van der Waals surface area contributed by atoms with Gasteiger partial charge < -0.3 is 9.84 Å². The minimum Gasteiger partial charge on any atom is -0.493 e. The summed E-state index contributed by atoms with van der Waals surface area (Å²) in [6.07, 6.45) is 2.87. The Balaban J connectivity index is 2.30. The van der Waals surface area contributed by atoms with E-state index in [1.54, 1.807) is 0 Å². The number of aliphatic hydroxyl groups is 1. The van der Waals surface area contributed by atoms with E-state index < -0.39 is 11.5 Å². The van der Waals surface area contributed by atoms with Crippen LogP contribution in [0.15, 0.2) is 24.3 Å². The molecule has 0 saturated heterocycles. The molecular formula is C17H23NO2. The zero-order chi connectivity index (χ0) is 14.6. The van der Waals surface area contributed by atoms with Crippen LogP contribution in [0.3, 0.4) is 0 Å². The quantitative estimate of drug-likeness (QED) is 0.886. The van der Waals surface area contributed by atoms with Gasteiger partial charge in [-0.2, -0.15) is 5.26 Å². The van der Waals surface area contributed by atoms with Crippen molar-refractivity contribution in [2.75, 3.05) is 6.61 Å². The van der Waals surface area contributed by atoms with Gasteiger partial charge in [-0.3, -0.25) is 0 Å². The largest absolute Gasteiger partial charge is 0.493 e. The van der Waals surface area contributed by atoms with Gasteiger partial charge in [0, 0.05) is 5.56 Å². The Kier molecular flexibility index (Phi) is 4.67. The normalized spacial score (nSPS) is 27.0. The van der Waals surface area contributed by atoms with E-state index >= 15 is 0 Å². The second-order valence-corrected chi connectivity index (χ2v) is 5.66. The lowest BCUT2D eigenvalue weighted by atomic mass is 9.77. The third-order valence-electron chi connectivity index (χ3n) is 4.49. The zero-order valence-electron chi connectivity index (χ0n) is 12.3. The van der Waals surface area contributed by atoms with E-state index in [1.165, 1.54) is 0 Å². The fourth-order valence-electron chi connectivity index (χ4n) is 3.23. The standard InChI is InChI=1S/C17H23NO2/c1-3-13-9-10-17(11-13,12-18)16(19)14-7-5-6-8-15(14)20-4-2/h5-8,13,16,19H,3-4,9-11H2,1-2H3. The van der Waals surface area contributed by atoms with Crippen molar-refractivity contribution in [2.45, 2.75) is 45.6 Å². The van der Waals surface area contributed by atoms with Gasteiger partial charge in [0.1, 0.15) is 11.9 Å². The highest BCUT2D eigenvalue weighted by atomic mass is 16.5. The molecule has 1 aromatic carbocycles. The van der Waals surface area contributed by atoms with E-state index in [9.17, 15) is 10.4 Å². The average Bonchev–Trinajstić information content (AvgIpc) is 2.92. The van der Waals surface area contributed by atoms with Crippen LogP contribution in [-0.2, 0) is 0 Å². The van der Waals surface area contributed by atoms with Crippen LogP contribution in [0.2, 0.25) is 0 Å². The molecule has 1 aliphatic rings. The third kappa shape index (κ3) is 2.66. The summed E-state index contributed by atoms with van der Waals surface area (Å²) in [5.74, 6) is 1.24. The van der Waals surface area contributed by atoms with Crippen molar-refractivity contribution < 1.29 is 9.84 Å². The molecule has 1 aromatic rings. The molecule has 2 rings (SSSR count). The predicted molar refractivity (Wildman–Crippen MR) is 78.2 cm³/mol. The Hall–Kier alpha value is -1.53. The molecule has 0 spiro atoms. The van der Waals surface area contributed by atoms with Crippen molar-refractivity contribution >= 4 is 0 Å². The van der Waals surface area contributed by atoms with Gasteiger partial charge in [-0.25, -0.2) is 0 Å². The number of nitriles is 1. The van der Waals surface area contributed by atoms with Crippen LogP contribution >= 0.6 is 0 Å². The molecule has 1 fully saturated rings. The van der Waals surface area contributed by atoms with Crippen LogP contribution < -0.4 is 4.74 Å². The van der Waals surface area contributed by atoms with Gasteiger partial charge in [0.15, 0.2) is 0 Å². The van der Waals surface area contributed by atoms with Gasteiger partial charge in [0.2, 0.25) is 0 Å². The number of aliphatic hydroxyl groups excluding tert-OH is 1. The van der Waals surface area contributed by atoms with Crippen LogP contribution in [-0.4, -0.2) is 11.7 Å². The lowest BCUT2D eigenvalue weighted by Gasteiger charge is -2.29. The highest BCUT2D eigenvalue weighted by Gasteiger charge is 2.46. The van der Waals surface area contributed by atoms with Gasteiger partial charge in [0.05, 0.1) is 18.1 Å². The summed E-state index contributed by atoms with van der Waals surface area (Å²) in [7, 11) is 0. The van der Waals surface area contributed by atoms with E-state index in [1.807, 2.05) is 31.2 Å². The van der Waals surface area contributed by atoms with Crippen molar-refractivity contribution in [2.24, 2.45) is 11.3 Å². The first kappa shape index (κ1) is 14.9. The summed E-state index contributed by atoms with van der Waals surface area (Å²) in [4.78, 5) is 0. The van der Waals surface area contributed by atoms with Crippen LogP contribution in [0.1, 0.15) is 51.2 Å². The fourth-order valence-corrected chi connectivity index (χ4v) is 3.23. The Labute approximate surface area is 121 Å². The molecular weight excluding hydrogens is 250 g/mol. The maximum Gasteiger partial charge on any atom is 0.125 e. The Morgan fingerprint density at radius 1 is 1.45 bits per heavy atom.